The highest BCUT2D eigenvalue weighted by Crippen LogP contribution is 2.24. The minimum absolute atomic E-state index is 0.395. The van der Waals surface area contributed by atoms with E-state index in [9.17, 15) is 31.5 Å². The summed E-state index contributed by atoms with van der Waals surface area (Å²) < 4.78 is 72.2. The Morgan fingerprint density at radius 1 is 0.966 bits per heavy atom. The van der Waals surface area contributed by atoms with E-state index in [0.717, 1.165) is 0 Å². The van der Waals surface area contributed by atoms with Crippen LogP contribution in [0.1, 0.15) is 41.0 Å². The number of hydrogen-bond acceptors (Lipinski definition) is 11. The molecule has 29 heavy (non-hydrogen) atoms. The minimum Gasteiger partial charge on any atom is -0.431 e. The van der Waals surface area contributed by atoms with Crippen molar-refractivity contribution in [1.29, 1.82) is 0 Å². The van der Waals surface area contributed by atoms with Crippen molar-refractivity contribution in [3.8, 4) is 0 Å². The van der Waals surface area contributed by atoms with Crippen molar-refractivity contribution in [2.24, 2.45) is 5.41 Å². The fraction of sp³-hybridized carbons (Fsp3) is 0.867. The van der Waals surface area contributed by atoms with Crippen molar-refractivity contribution in [3.05, 3.63) is 0 Å². The molecule has 2 atom stereocenters. The molecule has 0 aromatic heterocycles. The zero-order valence-corrected chi connectivity index (χ0v) is 18.5. The van der Waals surface area contributed by atoms with Gasteiger partial charge in [-0.1, -0.05) is 13.8 Å². The Labute approximate surface area is 170 Å². The molecule has 0 saturated carbocycles. The van der Waals surface area contributed by atoms with Gasteiger partial charge in [0, 0.05) is 12.3 Å². The van der Waals surface area contributed by atoms with Crippen LogP contribution in [0.4, 0.5) is 4.79 Å². The number of carbonyl (C=O) groups is 2. The van der Waals surface area contributed by atoms with Crippen LogP contribution in [0.5, 0.6) is 0 Å². The molecule has 0 fully saturated rings. The molecule has 0 spiro atoms. The fourth-order valence-corrected chi connectivity index (χ4v) is 3.52. The number of aliphatic hydroxyl groups is 1. The normalized spacial score (nSPS) is 14.9. The van der Waals surface area contributed by atoms with Gasteiger partial charge in [0.15, 0.2) is 6.10 Å². The average molecular weight is 465 g/mol. The van der Waals surface area contributed by atoms with Crippen LogP contribution < -0.4 is 0 Å². The van der Waals surface area contributed by atoms with Gasteiger partial charge in [0.05, 0.1) is 24.2 Å². The Morgan fingerprint density at radius 3 is 2.00 bits per heavy atom. The Morgan fingerprint density at radius 2 is 1.52 bits per heavy atom. The highest BCUT2D eigenvalue weighted by Gasteiger charge is 2.37. The molecule has 0 heterocycles. The fourth-order valence-electron chi connectivity index (χ4n) is 1.72. The lowest BCUT2D eigenvalue weighted by atomic mass is 9.88. The first-order valence-corrected chi connectivity index (χ1v) is 11.7. The molecule has 14 heteroatoms. The third-order valence-electron chi connectivity index (χ3n) is 3.25. The van der Waals surface area contributed by atoms with Crippen LogP contribution in [0, 0.1) is 5.41 Å². The van der Waals surface area contributed by atoms with Gasteiger partial charge in [-0.25, -0.2) is 9.59 Å². The van der Waals surface area contributed by atoms with E-state index in [2.05, 4.69) is 4.74 Å². The van der Waals surface area contributed by atoms with Gasteiger partial charge in [-0.05, 0) is 20.3 Å². The van der Waals surface area contributed by atoms with E-state index in [4.69, 9.17) is 18.2 Å². The van der Waals surface area contributed by atoms with E-state index in [1.54, 1.807) is 13.8 Å². The third-order valence-corrected chi connectivity index (χ3v) is 5.32. The summed E-state index contributed by atoms with van der Waals surface area (Å²) >= 11 is 0. The second-order valence-corrected chi connectivity index (χ2v) is 10.4. The highest BCUT2D eigenvalue weighted by molar-refractivity contribution is 7.87. The Balaban J connectivity index is 4.66. The molecular weight excluding hydrogens is 436 g/mol. The van der Waals surface area contributed by atoms with Crippen molar-refractivity contribution >= 4 is 32.4 Å². The van der Waals surface area contributed by atoms with Crippen LogP contribution >= 0.6 is 0 Å². The molecule has 12 nitrogen and oxygen atoms in total. The number of esters is 1. The maximum absolute atomic E-state index is 12.0. The van der Waals surface area contributed by atoms with Crippen molar-refractivity contribution in [3.63, 3.8) is 0 Å². The topological polar surface area (TPSA) is 180 Å². The van der Waals surface area contributed by atoms with E-state index < -0.39 is 80.8 Å². The second-order valence-electron chi connectivity index (χ2n) is 7.09. The lowest BCUT2D eigenvalue weighted by Crippen LogP contribution is -2.43. The van der Waals surface area contributed by atoms with Crippen LogP contribution in [0.3, 0.4) is 0 Å². The summed E-state index contributed by atoms with van der Waals surface area (Å²) in [4.78, 5) is 23.3. The molecule has 172 valence electrons. The molecule has 0 rings (SSSR count). The largest absolute Gasteiger partial charge is 0.511 e. The number of hydrogen-bond donors (Lipinski definition) is 2. The summed E-state index contributed by atoms with van der Waals surface area (Å²) in [6, 6.07) is 0. The Hall–Kier alpha value is -1.48. The molecule has 0 bridgehead atoms. The van der Waals surface area contributed by atoms with Gasteiger partial charge in [0.25, 0.3) is 20.2 Å². The van der Waals surface area contributed by atoms with Crippen molar-refractivity contribution in [2.75, 3.05) is 18.1 Å². The van der Waals surface area contributed by atoms with Gasteiger partial charge in [-0.3, -0.25) is 8.74 Å². The maximum Gasteiger partial charge on any atom is 0.511 e. The number of rotatable bonds is 12. The first kappa shape index (κ1) is 27.5. The predicted octanol–water partition coefficient (Wildman–Crippen LogP) is 0.449. The van der Waals surface area contributed by atoms with Crippen molar-refractivity contribution < 1.29 is 54.5 Å². The number of ether oxygens (including phenoxy) is 3. The van der Waals surface area contributed by atoms with Gasteiger partial charge in [-0.2, -0.15) is 16.8 Å². The highest BCUT2D eigenvalue weighted by atomic mass is 32.2. The molecule has 1 unspecified atom stereocenters. The van der Waals surface area contributed by atoms with Gasteiger partial charge < -0.3 is 19.3 Å². The molecule has 0 aliphatic carbocycles. The summed E-state index contributed by atoms with van der Waals surface area (Å²) in [5, 5.41) is 10.1. The number of aliphatic hydroxyl groups excluding tert-OH is 1. The smallest absolute Gasteiger partial charge is 0.431 e. The van der Waals surface area contributed by atoms with E-state index in [1.165, 1.54) is 20.8 Å². The average Bonchev–Trinajstić information content (AvgIpc) is 2.49. The summed E-state index contributed by atoms with van der Waals surface area (Å²) in [6.07, 6.45) is -5.13. The molecular formula is C15H28O12S2. The van der Waals surface area contributed by atoms with Gasteiger partial charge >= 0.3 is 12.1 Å². The van der Waals surface area contributed by atoms with E-state index in [-0.39, 0.29) is 0 Å². The zero-order chi connectivity index (χ0) is 23.0. The molecule has 0 aliphatic heterocycles. The molecule has 0 amide bonds. The first-order chi connectivity index (χ1) is 12.9. The molecule has 2 N–H and O–H groups in total. The SMILES string of the molecule is CC(C)OC(=O)OC(C)OC(=O)[C@@H](O)C(C)(C)COS(=O)(=O)CCCS(=O)(=O)O. The standard InChI is InChI=1S/C15H28O12S2/c1-10(2)25-14(18)27-11(3)26-13(17)12(16)15(4,5)9-24-29(22,23)8-6-7-28(19,20)21/h10-12,16H,6-9H2,1-5H3,(H,19,20,21)/t11?,12-/m1/s1. The Kier molecular flexibility index (Phi) is 10.5. The monoisotopic (exact) mass is 464 g/mol. The van der Waals surface area contributed by atoms with Gasteiger partial charge in [0.2, 0.25) is 6.29 Å². The third kappa shape index (κ3) is 12.6. The summed E-state index contributed by atoms with van der Waals surface area (Å²) in [7, 11) is -8.48. The van der Waals surface area contributed by atoms with Crippen LogP contribution in [-0.4, -0.2) is 75.2 Å². The second kappa shape index (κ2) is 11.1. The van der Waals surface area contributed by atoms with Crippen LogP contribution in [-0.2, 0) is 43.4 Å². The predicted molar refractivity (Wildman–Crippen MR) is 98.8 cm³/mol. The molecule has 0 aromatic rings. The van der Waals surface area contributed by atoms with E-state index in [0.29, 0.717) is 0 Å². The van der Waals surface area contributed by atoms with E-state index in [1.807, 2.05) is 0 Å². The number of carbonyl (C=O) groups excluding carboxylic acids is 2. The minimum atomic E-state index is -4.31. The summed E-state index contributed by atoms with van der Waals surface area (Å²) in [5.74, 6) is -2.63. The van der Waals surface area contributed by atoms with Crippen LogP contribution in [0.25, 0.3) is 0 Å². The summed E-state index contributed by atoms with van der Waals surface area (Å²) in [6.45, 7) is 6.41. The van der Waals surface area contributed by atoms with Crippen molar-refractivity contribution in [1.82, 2.24) is 0 Å². The maximum atomic E-state index is 12.0. The van der Waals surface area contributed by atoms with Crippen LogP contribution in [0.2, 0.25) is 0 Å². The lowest BCUT2D eigenvalue weighted by molar-refractivity contribution is -0.184. The molecule has 0 aliphatic rings. The van der Waals surface area contributed by atoms with Gasteiger partial charge in [-0.15, -0.1) is 0 Å². The van der Waals surface area contributed by atoms with Crippen molar-refractivity contribution in [2.45, 2.75) is 59.5 Å². The van der Waals surface area contributed by atoms with Crippen LogP contribution in [0.15, 0.2) is 0 Å². The zero-order valence-electron chi connectivity index (χ0n) is 16.9. The first-order valence-electron chi connectivity index (χ1n) is 8.53. The van der Waals surface area contributed by atoms with Gasteiger partial charge in [0.1, 0.15) is 0 Å². The molecule has 0 aromatic carbocycles. The molecule has 0 saturated heterocycles. The van der Waals surface area contributed by atoms with E-state index >= 15 is 0 Å². The molecule has 0 radical (unpaired) electrons. The summed E-state index contributed by atoms with van der Waals surface area (Å²) in [5.41, 5.74) is -1.43. The lowest BCUT2D eigenvalue weighted by Gasteiger charge is -2.29. The Bertz CT molecular complexity index is 754. The quantitative estimate of drug-likeness (QED) is 0.176.